The molecule has 0 aliphatic heterocycles. The molecule has 0 radical (unpaired) electrons. The summed E-state index contributed by atoms with van der Waals surface area (Å²) in [6.07, 6.45) is 2.15. The molecule has 4 heteroatoms. The van der Waals surface area contributed by atoms with Gasteiger partial charge in [0.1, 0.15) is 0 Å². The summed E-state index contributed by atoms with van der Waals surface area (Å²) in [5.41, 5.74) is 6.93. The van der Waals surface area contributed by atoms with Gasteiger partial charge in [-0.2, -0.15) is 0 Å². The molecule has 104 valence electrons. The van der Waals surface area contributed by atoms with E-state index >= 15 is 0 Å². The van der Waals surface area contributed by atoms with E-state index in [0.717, 1.165) is 5.56 Å². The number of carbonyl (C=O) groups excluding carboxylic acids is 1. The number of rotatable bonds is 8. The molecule has 0 spiro atoms. The molecule has 0 aliphatic rings. The van der Waals surface area contributed by atoms with Crippen LogP contribution in [0.3, 0.4) is 0 Å². The van der Waals surface area contributed by atoms with E-state index in [2.05, 4.69) is 6.58 Å². The fourth-order valence-corrected chi connectivity index (χ4v) is 1.79. The summed E-state index contributed by atoms with van der Waals surface area (Å²) in [7, 11) is 1.62. The van der Waals surface area contributed by atoms with Crippen molar-refractivity contribution >= 4 is 5.91 Å². The molecule has 1 aromatic carbocycles. The minimum Gasteiger partial charge on any atom is -0.383 e. The van der Waals surface area contributed by atoms with E-state index in [0.29, 0.717) is 26.1 Å². The molecular formula is C15H22N2O2. The minimum atomic E-state index is -0.530. The molecule has 4 nitrogen and oxygen atoms in total. The first kappa shape index (κ1) is 15.4. The van der Waals surface area contributed by atoms with Gasteiger partial charge in [-0.3, -0.25) is 4.79 Å². The quantitative estimate of drug-likeness (QED) is 0.723. The van der Waals surface area contributed by atoms with Crippen molar-refractivity contribution < 1.29 is 9.53 Å². The zero-order chi connectivity index (χ0) is 14.1. The average molecular weight is 262 g/mol. The van der Waals surface area contributed by atoms with E-state index < -0.39 is 6.04 Å². The molecule has 1 unspecified atom stereocenters. The highest BCUT2D eigenvalue weighted by molar-refractivity contribution is 5.81. The second-order valence-electron chi connectivity index (χ2n) is 4.37. The monoisotopic (exact) mass is 262 g/mol. The lowest BCUT2D eigenvalue weighted by Gasteiger charge is -2.25. The lowest BCUT2D eigenvalue weighted by molar-refractivity contribution is -0.133. The van der Waals surface area contributed by atoms with Crippen LogP contribution in [-0.4, -0.2) is 37.1 Å². The Bertz CT molecular complexity index is 392. The van der Waals surface area contributed by atoms with Crippen LogP contribution in [0.1, 0.15) is 12.0 Å². The molecule has 1 amide bonds. The molecular weight excluding hydrogens is 240 g/mol. The van der Waals surface area contributed by atoms with Crippen LogP contribution in [0.4, 0.5) is 0 Å². The van der Waals surface area contributed by atoms with Gasteiger partial charge in [-0.25, -0.2) is 0 Å². The van der Waals surface area contributed by atoms with Gasteiger partial charge in [-0.05, 0) is 12.0 Å². The first-order chi connectivity index (χ1) is 9.19. The van der Waals surface area contributed by atoms with E-state index in [1.54, 1.807) is 18.1 Å². The maximum atomic E-state index is 12.2. The summed E-state index contributed by atoms with van der Waals surface area (Å²) < 4.78 is 5.05. The maximum absolute atomic E-state index is 12.2. The number of hydrogen-bond donors (Lipinski definition) is 1. The fraction of sp³-hybridized carbons (Fsp3) is 0.400. The summed E-state index contributed by atoms with van der Waals surface area (Å²) >= 11 is 0. The van der Waals surface area contributed by atoms with Crippen LogP contribution in [0, 0.1) is 0 Å². The molecule has 1 atom stereocenters. The third-order valence-electron chi connectivity index (χ3n) is 2.83. The van der Waals surface area contributed by atoms with Crippen molar-refractivity contribution in [2.75, 3.05) is 20.3 Å². The highest BCUT2D eigenvalue weighted by Crippen LogP contribution is 2.07. The van der Waals surface area contributed by atoms with Crippen molar-refractivity contribution in [2.24, 2.45) is 5.73 Å². The summed E-state index contributed by atoms with van der Waals surface area (Å²) in [6.45, 7) is 5.20. The molecule has 0 saturated heterocycles. The molecule has 0 bridgehead atoms. The van der Waals surface area contributed by atoms with Crippen LogP contribution in [0.15, 0.2) is 43.0 Å². The molecule has 2 N–H and O–H groups in total. The predicted molar refractivity (Wildman–Crippen MR) is 76.5 cm³/mol. The van der Waals surface area contributed by atoms with Crippen LogP contribution >= 0.6 is 0 Å². The van der Waals surface area contributed by atoms with Gasteiger partial charge < -0.3 is 15.4 Å². The van der Waals surface area contributed by atoms with E-state index in [4.69, 9.17) is 10.5 Å². The number of benzene rings is 1. The number of nitrogens with two attached hydrogens (primary N) is 1. The predicted octanol–water partition coefficient (Wildman–Crippen LogP) is 1.56. The first-order valence-electron chi connectivity index (χ1n) is 6.37. The van der Waals surface area contributed by atoms with Crippen molar-refractivity contribution in [3.8, 4) is 0 Å². The van der Waals surface area contributed by atoms with Crippen molar-refractivity contribution in [1.82, 2.24) is 4.90 Å². The summed E-state index contributed by atoms with van der Waals surface area (Å²) in [5, 5.41) is 0. The molecule has 0 saturated carbocycles. The van der Waals surface area contributed by atoms with Gasteiger partial charge in [-0.15, -0.1) is 6.58 Å². The Labute approximate surface area is 114 Å². The van der Waals surface area contributed by atoms with Crippen LogP contribution in [0.5, 0.6) is 0 Å². The normalized spacial score (nSPS) is 11.9. The van der Waals surface area contributed by atoms with Crippen molar-refractivity contribution in [3.63, 3.8) is 0 Å². The second-order valence-corrected chi connectivity index (χ2v) is 4.37. The Kier molecular flexibility index (Phi) is 6.85. The number of methoxy groups -OCH3 is 1. The topological polar surface area (TPSA) is 55.6 Å². The molecule has 1 rings (SSSR count). The lowest BCUT2D eigenvalue weighted by atomic mass is 10.1. The fourth-order valence-electron chi connectivity index (χ4n) is 1.79. The van der Waals surface area contributed by atoms with Crippen molar-refractivity contribution in [3.05, 3.63) is 48.6 Å². The Morgan fingerprint density at radius 3 is 2.74 bits per heavy atom. The lowest BCUT2D eigenvalue weighted by Crippen LogP contribution is -2.44. The number of nitrogens with zero attached hydrogens (tertiary/aromatic N) is 1. The highest BCUT2D eigenvalue weighted by Gasteiger charge is 2.19. The zero-order valence-electron chi connectivity index (χ0n) is 11.4. The summed E-state index contributed by atoms with van der Waals surface area (Å²) in [6, 6.07) is 9.32. The highest BCUT2D eigenvalue weighted by atomic mass is 16.5. The largest absolute Gasteiger partial charge is 0.383 e. The third-order valence-corrected chi connectivity index (χ3v) is 2.83. The van der Waals surface area contributed by atoms with Crippen LogP contribution in [-0.2, 0) is 16.1 Å². The molecule has 19 heavy (non-hydrogen) atoms. The van der Waals surface area contributed by atoms with Gasteiger partial charge in [0.15, 0.2) is 0 Å². The van der Waals surface area contributed by atoms with E-state index in [9.17, 15) is 4.79 Å². The number of carbonyl (C=O) groups is 1. The molecule has 0 heterocycles. The third kappa shape index (κ3) is 5.24. The molecule has 0 aromatic heterocycles. The van der Waals surface area contributed by atoms with Gasteiger partial charge in [-0.1, -0.05) is 36.4 Å². The molecule has 1 aromatic rings. The van der Waals surface area contributed by atoms with Gasteiger partial charge >= 0.3 is 0 Å². The van der Waals surface area contributed by atoms with Crippen LogP contribution < -0.4 is 5.73 Å². The minimum absolute atomic E-state index is 0.0687. The summed E-state index contributed by atoms with van der Waals surface area (Å²) in [5.74, 6) is -0.0687. The van der Waals surface area contributed by atoms with Gasteiger partial charge in [0, 0.05) is 20.2 Å². The Balaban J connectivity index is 2.70. The van der Waals surface area contributed by atoms with E-state index in [1.165, 1.54) is 0 Å². The first-order valence-corrected chi connectivity index (χ1v) is 6.37. The Morgan fingerprint density at radius 2 is 2.16 bits per heavy atom. The number of ether oxygens (including phenoxy) is 1. The zero-order valence-corrected chi connectivity index (χ0v) is 11.4. The van der Waals surface area contributed by atoms with E-state index in [1.807, 2.05) is 30.3 Å². The smallest absolute Gasteiger partial charge is 0.240 e. The Morgan fingerprint density at radius 1 is 1.47 bits per heavy atom. The second kappa shape index (κ2) is 8.45. The summed E-state index contributed by atoms with van der Waals surface area (Å²) in [4.78, 5) is 14.0. The van der Waals surface area contributed by atoms with Crippen molar-refractivity contribution in [1.29, 1.82) is 0 Å². The SMILES string of the molecule is C=CCC(N)C(=O)N(CCOC)Cc1ccccc1. The van der Waals surface area contributed by atoms with Crippen LogP contribution in [0.25, 0.3) is 0 Å². The molecule has 0 fully saturated rings. The van der Waals surface area contributed by atoms with Gasteiger partial charge in [0.2, 0.25) is 5.91 Å². The standard InChI is InChI=1S/C15H22N2O2/c1-3-7-14(16)15(18)17(10-11-19-2)12-13-8-5-4-6-9-13/h3-6,8-9,14H,1,7,10-12,16H2,2H3. The average Bonchev–Trinajstić information content (AvgIpc) is 2.44. The van der Waals surface area contributed by atoms with Crippen LogP contribution in [0.2, 0.25) is 0 Å². The molecule has 0 aliphatic carbocycles. The van der Waals surface area contributed by atoms with Crippen molar-refractivity contribution in [2.45, 2.75) is 19.0 Å². The Hall–Kier alpha value is -1.65. The van der Waals surface area contributed by atoms with Gasteiger partial charge in [0.05, 0.1) is 12.6 Å². The van der Waals surface area contributed by atoms with Gasteiger partial charge in [0.25, 0.3) is 0 Å². The maximum Gasteiger partial charge on any atom is 0.240 e. The number of hydrogen-bond acceptors (Lipinski definition) is 3. The van der Waals surface area contributed by atoms with E-state index in [-0.39, 0.29) is 5.91 Å². The number of amides is 1.